The first-order valence-electron chi connectivity index (χ1n) is 11.5. The summed E-state index contributed by atoms with van der Waals surface area (Å²) in [6.07, 6.45) is 5.83. The molecule has 0 aromatic heterocycles. The molecule has 3 fully saturated rings. The summed E-state index contributed by atoms with van der Waals surface area (Å²) in [5.74, 6) is 0.720. The molecule has 3 aliphatic rings. The molecule has 158 valence electrons. The Kier molecular flexibility index (Phi) is 5.62. The molecule has 1 saturated carbocycles. The maximum absolute atomic E-state index is 13.1. The van der Waals surface area contributed by atoms with Crippen molar-refractivity contribution in [2.75, 3.05) is 32.7 Å². The molecule has 2 heterocycles. The van der Waals surface area contributed by atoms with Crippen molar-refractivity contribution in [1.82, 2.24) is 9.80 Å². The zero-order chi connectivity index (χ0) is 20.4. The van der Waals surface area contributed by atoms with Crippen molar-refractivity contribution in [2.24, 2.45) is 5.92 Å². The van der Waals surface area contributed by atoms with E-state index in [2.05, 4.69) is 40.1 Å². The van der Waals surface area contributed by atoms with Gasteiger partial charge in [-0.25, -0.2) is 0 Å². The Balaban J connectivity index is 1.17. The van der Waals surface area contributed by atoms with E-state index in [0.29, 0.717) is 5.92 Å². The lowest BCUT2D eigenvalue weighted by atomic mass is 9.89. The second-order valence-corrected chi connectivity index (χ2v) is 9.31. The lowest BCUT2D eigenvalue weighted by Crippen LogP contribution is -2.54. The highest BCUT2D eigenvalue weighted by molar-refractivity contribution is 5.94. The largest absolute Gasteiger partial charge is 0.368 e. The van der Waals surface area contributed by atoms with Gasteiger partial charge in [-0.2, -0.15) is 0 Å². The van der Waals surface area contributed by atoms with Crippen LogP contribution in [0, 0.1) is 5.92 Å². The standard InChI is InChI=1S/C26H32N2O2/c29-25(23-9-5-2-6-10-23)28-19-24(30-26(20-28)14-15-26)22-12-17-27(18-13-22)16-11-21-7-3-1-4-8-21/h1-10,22,24H,11-20H2. The molecule has 1 spiro atoms. The number of ether oxygens (including phenoxy) is 1. The van der Waals surface area contributed by atoms with Gasteiger partial charge in [0.05, 0.1) is 18.2 Å². The minimum Gasteiger partial charge on any atom is -0.368 e. The fraction of sp³-hybridized carbons (Fsp3) is 0.500. The second kappa shape index (κ2) is 8.52. The Morgan fingerprint density at radius 2 is 1.63 bits per heavy atom. The molecule has 2 aromatic rings. The van der Waals surface area contributed by atoms with Crippen LogP contribution in [0.25, 0.3) is 0 Å². The van der Waals surface area contributed by atoms with Crippen LogP contribution in [0.4, 0.5) is 0 Å². The maximum atomic E-state index is 13.1. The van der Waals surface area contributed by atoms with Gasteiger partial charge in [0.1, 0.15) is 0 Å². The van der Waals surface area contributed by atoms with Gasteiger partial charge in [-0.1, -0.05) is 48.5 Å². The smallest absolute Gasteiger partial charge is 0.254 e. The monoisotopic (exact) mass is 404 g/mol. The number of amides is 1. The van der Waals surface area contributed by atoms with Crippen molar-refractivity contribution < 1.29 is 9.53 Å². The van der Waals surface area contributed by atoms with E-state index in [9.17, 15) is 4.79 Å². The van der Waals surface area contributed by atoms with Crippen LogP contribution in [0.5, 0.6) is 0 Å². The molecule has 2 aliphatic heterocycles. The summed E-state index contributed by atoms with van der Waals surface area (Å²) in [6, 6.07) is 20.5. The molecule has 0 N–H and O–H groups in total. The van der Waals surface area contributed by atoms with E-state index in [1.807, 2.05) is 30.3 Å². The van der Waals surface area contributed by atoms with E-state index in [4.69, 9.17) is 4.74 Å². The summed E-state index contributed by atoms with van der Waals surface area (Å²) in [4.78, 5) is 17.7. The topological polar surface area (TPSA) is 32.8 Å². The van der Waals surface area contributed by atoms with Crippen molar-refractivity contribution in [2.45, 2.75) is 43.8 Å². The van der Waals surface area contributed by atoms with Gasteiger partial charge in [-0.3, -0.25) is 4.79 Å². The third-order valence-electron chi connectivity index (χ3n) is 7.11. The molecule has 5 rings (SSSR count). The predicted octanol–water partition coefficient (Wildman–Crippen LogP) is 4.01. The van der Waals surface area contributed by atoms with E-state index in [1.165, 1.54) is 18.4 Å². The highest BCUT2D eigenvalue weighted by Gasteiger charge is 2.52. The third kappa shape index (κ3) is 4.45. The number of hydrogen-bond donors (Lipinski definition) is 0. The van der Waals surface area contributed by atoms with Crippen molar-refractivity contribution in [1.29, 1.82) is 0 Å². The molecule has 2 aromatic carbocycles. The molecule has 4 heteroatoms. The van der Waals surface area contributed by atoms with Gasteiger partial charge < -0.3 is 14.5 Å². The number of piperidine rings is 1. The first kappa shape index (κ1) is 19.8. The number of hydrogen-bond acceptors (Lipinski definition) is 3. The SMILES string of the molecule is O=C(c1ccccc1)N1CC(C2CCN(CCc3ccccc3)CC2)OC2(CC2)C1. The highest BCUT2D eigenvalue weighted by atomic mass is 16.5. The zero-order valence-electron chi connectivity index (χ0n) is 17.7. The molecule has 0 bridgehead atoms. The summed E-state index contributed by atoms with van der Waals surface area (Å²) in [6.45, 7) is 4.90. The summed E-state index contributed by atoms with van der Waals surface area (Å²) in [7, 11) is 0. The second-order valence-electron chi connectivity index (χ2n) is 9.31. The number of rotatable bonds is 5. The van der Waals surface area contributed by atoms with Gasteiger partial charge in [-0.05, 0) is 68.8 Å². The molecular weight excluding hydrogens is 372 g/mol. The molecular formula is C26H32N2O2. The normalized spacial score (nSPS) is 24.1. The van der Waals surface area contributed by atoms with Crippen LogP contribution < -0.4 is 0 Å². The fourth-order valence-corrected chi connectivity index (χ4v) is 5.08. The number of benzene rings is 2. The van der Waals surface area contributed by atoms with Gasteiger partial charge in [0.15, 0.2) is 0 Å². The zero-order valence-corrected chi connectivity index (χ0v) is 17.7. The van der Waals surface area contributed by atoms with Gasteiger partial charge >= 0.3 is 0 Å². The summed E-state index contributed by atoms with van der Waals surface area (Å²) >= 11 is 0. The number of nitrogens with zero attached hydrogens (tertiary/aromatic N) is 2. The van der Waals surface area contributed by atoms with Gasteiger partial charge in [0.2, 0.25) is 0 Å². The molecule has 0 radical (unpaired) electrons. The summed E-state index contributed by atoms with van der Waals surface area (Å²) < 4.78 is 6.59. The van der Waals surface area contributed by atoms with Gasteiger partial charge in [-0.15, -0.1) is 0 Å². The average Bonchev–Trinajstić information content (AvgIpc) is 3.56. The fourth-order valence-electron chi connectivity index (χ4n) is 5.08. The Labute approximate surface area is 179 Å². The Morgan fingerprint density at radius 1 is 0.967 bits per heavy atom. The van der Waals surface area contributed by atoms with Crippen molar-refractivity contribution in [3.05, 3.63) is 71.8 Å². The summed E-state index contributed by atoms with van der Waals surface area (Å²) in [5.41, 5.74) is 2.16. The van der Waals surface area contributed by atoms with E-state index in [-0.39, 0.29) is 17.6 Å². The van der Waals surface area contributed by atoms with E-state index in [0.717, 1.165) is 57.5 Å². The van der Waals surface area contributed by atoms with Crippen LogP contribution in [0.15, 0.2) is 60.7 Å². The lowest BCUT2D eigenvalue weighted by Gasteiger charge is -2.44. The van der Waals surface area contributed by atoms with E-state index >= 15 is 0 Å². The number of likely N-dealkylation sites (tertiary alicyclic amines) is 1. The van der Waals surface area contributed by atoms with E-state index < -0.39 is 0 Å². The lowest BCUT2D eigenvalue weighted by molar-refractivity contribution is -0.121. The van der Waals surface area contributed by atoms with Gasteiger partial charge in [0, 0.05) is 18.7 Å². The minimum absolute atomic E-state index is 0.0577. The van der Waals surface area contributed by atoms with Crippen LogP contribution in [0.2, 0.25) is 0 Å². The number of morpholine rings is 1. The number of carbonyl (C=O) groups excluding carboxylic acids is 1. The molecule has 1 amide bonds. The first-order chi connectivity index (χ1) is 14.7. The molecule has 4 nitrogen and oxygen atoms in total. The summed E-state index contributed by atoms with van der Waals surface area (Å²) in [5, 5.41) is 0. The van der Waals surface area contributed by atoms with Crippen molar-refractivity contribution in [3.63, 3.8) is 0 Å². The van der Waals surface area contributed by atoms with E-state index in [1.54, 1.807) is 0 Å². The molecule has 2 saturated heterocycles. The van der Waals surface area contributed by atoms with Crippen LogP contribution in [0.1, 0.15) is 41.6 Å². The van der Waals surface area contributed by atoms with Crippen LogP contribution in [-0.4, -0.2) is 60.1 Å². The van der Waals surface area contributed by atoms with Crippen LogP contribution >= 0.6 is 0 Å². The molecule has 30 heavy (non-hydrogen) atoms. The first-order valence-corrected chi connectivity index (χ1v) is 11.5. The van der Waals surface area contributed by atoms with Crippen LogP contribution in [0.3, 0.4) is 0 Å². The van der Waals surface area contributed by atoms with Crippen molar-refractivity contribution in [3.8, 4) is 0 Å². The Bertz CT molecular complexity index is 842. The van der Waals surface area contributed by atoms with Gasteiger partial charge in [0.25, 0.3) is 5.91 Å². The third-order valence-corrected chi connectivity index (χ3v) is 7.11. The quantitative estimate of drug-likeness (QED) is 0.755. The molecule has 1 atom stereocenters. The predicted molar refractivity (Wildman–Crippen MR) is 118 cm³/mol. The average molecular weight is 405 g/mol. The number of carbonyl (C=O) groups is 1. The van der Waals surface area contributed by atoms with Crippen molar-refractivity contribution >= 4 is 5.91 Å². The molecule has 1 unspecified atom stereocenters. The Hall–Kier alpha value is -2.17. The molecule has 1 aliphatic carbocycles. The minimum atomic E-state index is -0.0577. The highest BCUT2D eigenvalue weighted by Crippen LogP contribution is 2.45. The Morgan fingerprint density at radius 3 is 2.30 bits per heavy atom. The van der Waals surface area contributed by atoms with Crippen LogP contribution in [-0.2, 0) is 11.2 Å². The maximum Gasteiger partial charge on any atom is 0.254 e.